The molecule has 2 rings (SSSR count). The van der Waals surface area contributed by atoms with Crippen LogP contribution >= 0.6 is 0 Å². The third-order valence-corrected chi connectivity index (χ3v) is 2.09. The van der Waals surface area contributed by atoms with Crippen molar-refractivity contribution in [1.82, 2.24) is 24.9 Å². The number of aryl methyl sites for hydroxylation is 1. The van der Waals surface area contributed by atoms with E-state index in [2.05, 4.69) is 25.8 Å². The molecule has 0 bridgehead atoms. The highest BCUT2D eigenvalue weighted by Crippen LogP contribution is 2.03. The van der Waals surface area contributed by atoms with E-state index >= 15 is 0 Å². The molecule has 2 aromatic rings. The average molecular weight is 232 g/mol. The van der Waals surface area contributed by atoms with Crippen LogP contribution in [0.15, 0.2) is 29.5 Å². The fourth-order valence-corrected chi connectivity index (χ4v) is 1.32. The number of nitrogens with one attached hydrogen (secondary N) is 2. The van der Waals surface area contributed by atoms with Crippen LogP contribution in [0, 0.1) is 6.92 Å². The van der Waals surface area contributed by atoms with E-state index in [0.717, 1.165) is 5.56 Å². The largest absolute Gasteiger partial charge is 0.357 e. The van der Waals surface area contributed by atoms with E-state index in [1.54, 1.807) is 19.3 Å². The third kappa shape index (κ3) is 2.45. The fraction of sp³-hybridized carbons (Fsp3) is 0.200. The molecule has 0 unspecified atom stereocenters. The van der Waals surface area contributed by atoms with Crippen LogP contribution in [-0.4, -0.2) is 26.6 Å². The Morgan fingerprint density at radius 3 is 2.82 bits per heavy atom. The summed E-state index contributed by atoms with van der Waals surface area (Å²) in [6.45, 7) is 1.92. The van der Waals surface area contributed by atoms with Crippen molar-refractivity contribution in [1.29, 1.82) is 0 Å². The van der Waals surface area contributed by atoms with Crippen LogP contribution in [-0.2, 0) is 0 Å². The molecule has 2 heterocycles. The molecule has 0 atom stereocenters. The van der Waals surface area contributed by atoms with E-state index < -0.39 is 5.69 Å². The number of nitrogens with zero attached hydrogens (tertiary/aromatic N) is 4. The van der Waals surface area contributed by atoms with Gasteiger partial charge in [-0.15, -0.1) is 0 Å². The lowest BCUT2D eigenvalue weighted by Gasteiger charge is -2.05. The number of aromatic nitrogens is 4. The Balaban J connectivity index is 2.43. The second-order valence-electron chi connectivity index (χ2n) is 3.40. The first kappa shape index (κ1) is 11.2. The molecule has 17 heavy (non-hydrogen) atoms. The second kappa shape index (κ2) is 4.71. The van der Waals surface area contributed by atoms with Crippen molar-refractivity contribution in [3.63, 3.8) is 0 Å². The molecule has 0 amide bonds. The molecule has 0 spiro atoms. The Morgan fingerprint density at radius 1 is 1.35 bits per heavy atom. The molecule has 2 N–H and O–H groups in total. The number of pyridine rings is 1. The summed E-state index contributed by atoms with van der Waals surface area (Å²) >= 11 is 0. The molecule has 0 saturated carbocycles. The quantitative estimate of drug-likeness (QED) is 0.717. The van der Waals surface area contributed by atoms with Crippen molar-refractivity contribution >= 4 is 5.95 Å². The van der Waals surface area contributed by atoms with Gasteiger partial charge in [0.25, 0.3) is 0 Å². The molecule has 0 saturated heterocycles. The Hall–Kier alpha value is -2.28. The van der Waals surface area contributed by atoms with Gasteiger partial charge in [-0.3, -0.25) is 5.43 Å². The van der Waals surface area contributed by atoms with Crippen molar-refractivity contribution in [3.8, 4) is 5.82 Å². The Kier molecular flexibility index (Phi) is 3.10. The first-order valence-corrected chi connectivity index (χ1v) is 5.02. The maximum atomic E-state index is 11.7. The zero-order valence-corrected chi connectivity index (χ0v) is 9.51. The van der Waals surface area contributed by atoms with Gasteiger partial charge in [0, 0.05) is 13.2 Å². The van der Waals surface area contributed by atoms with Gasteiger partial charge in [-0.05, 0) is 24.6 Å². The summed E-state index contributed by atoms with van der Waals surface area (Å²) in [5.74, 6) is 0.729. The van der Waals surface area contributed by atoms with Gasteiger partial charge < -0.3 is 0 Å². The predicted molar refractivity (Wildman–Crippen MR) is 62.8 cm³/mol. The SMILES string of the molecule is CNNc1ncn(-c2cc(C)ccn2)c(=O)n1. The third-order valence-electron chi connectivity index (χ3n) is 2.09. The zero-order valence-electron chi connectivity index (χ0n) is 9.51. The number of hydrogen-bond acceptors (Lipinski definition) is 6. The Bertz CT molecular complexity index is 579. The number of rotatable bonds is 3. The number of hydrogen-bond donors (Lipinski definition) is 2. The lowest BCUT2D eigenvalue weighted by Crippen LogP contribution is -2.26. The van der Waals surface area contributed by atoms with Gasteiger partial charge in [0.05, 0.1) is 0 Å². The predicted octanol–water partition coefficient (Wildman–Crippen LogP) is -0.123. The van der Waals surface area contributed by atoms with E-state index in [0.29, 0.717) is 5.82 Å². The van der Waals surface area contributed by atoms with Gasteiger partial charge in [0.1, 0.15) is 12.1 Å². The normalized spacial score (nSPS) is 10.2. The maximum absolute atomic E-state index is 11.7. The van der Waals surface area contributed by atoms with Crippen LogP contribution < -0.4 is 16.5 Å². The van der Waals surface area contributed by atoms with Gasteiger partial charge >= 0.3 is 5.69 Å². The van der Waals surface area contributed by atoms with E-state index in [9.17, 15) is 4.79 Å². The van der Waals surface area contributed by atoms with Crippen LogP contribution in [0.2, 0.25) is 0 Å². The molecule has 7 nitrogen and oxygen atoms in total. The smallest absolute Gasteiger partial charge is 0.290 e. The Labute approximate surface area is 97.5 Å². The van der Waals surface area contributed by atoms with Gasteiger partial charge in [0.2, 0.25) is 5.95 Å². The first-order chi connectivity index (χ1) is 8.20. The van der Waals surface area contributed by atoms with Crippen molar-refractivity contribution in [2.24, 2.45) is 0 Å². The van der Waals surface area contributed by atoms with Crippen molar-refractivity contribution in [2.45, 2.75) is 6.92 Å². The van der Waals surface area contributed by atoms with Crippen molar-refractivity contribution in [2.75, 3.05) is 12.5 Å². The zero-order chi connectivity index (χ0) is 12.3. The van der Waals surface area contributed by atoms with E-state index in [1.165, 1.54) is 10.9 Å². The molecule has 2 aromatic heterocycles. The molecule has 0 aromatic carbocycles. The van der Waals surface area contributed by atoms with Crippen LogP contribution in [0.4, 0.5) is 5.95 Å². The molecule has 0 fully saturated rings. The second-order valence-corrected chi connectivity index (χ2v) is 3.40. The van der Waals surface area contributed by atoms with E-state index in [4.69, 9.17) is 0 Å². The molecule has 0 aliphatic carbocycles. The first-order valence-electron chi connectivity index (χ1n) is 5.02. The standard InChI is InChI=1S/C10H12N6O/c1-7-3-4-12-8(5-7)16-6-13-9(15-11-2)14-10(16)17/h3-6,11H,1-2H3,(H,14,15,17). The highest BCUT2D eigenvalue weighted by Gasteiger charge is 2.04. The van der Waals surface area contributed by atoms with Crippen molar-refractivity contribution in [3.05, 3.63) is 40.7 Å². The highest BCUT2D eigenvalue weighted by molar-refractivity contribution is 5.27. The lowest BCUT2D eigenvalue weighted by molar-refractivity contribution is 0.818. The van der Waals surface area contributed by atoms with Crippen molar-refractivity contribution < 1.29 is 0 Å². The molecule has 0 radical (unpaired) electrons. The molecule has 88 valence electrons. The van der Waals surface area contributed by atoms with E-state index in [1.807, 2.05) is 13.0 Å². The molecule has 0 aliphatic heterocycles. The minimum Gasteiger partial charge on any atom is -0.290 e. The van der Waals surface area contributed by atoms with Crippen LogP contribution in [0.25, 0.3) is 5.82 Å². The number of anilines is 1. The topological polar surface area (TPSA) is 84.7 Å². The summed E-state index contributed by atoms with van der Waals surface area (Å²) in [4.78, 5) is 23.5. The van der Waals surface area contributed by atoms with Gasteiger partial charge in [-0.25, -0.2) is 24.8 Å². The number of hydrazine groups is 1. The highest BCUT2D eigenvalue weighted by atomic mass is 16.1. The molecular formula is C10H12N6O. The Morgan fingerprint density at radius 2 is 2.18 bits per heavy atom. The summed E-state index contributed by atoms with van der Waals surface area (Å²) in [5.41, 5.74) is 5.85. The lowest BCUT2D eigenvalue weighted by atomic mass is 10.3. The summed E-state index contributed by atoms with van der Waals surface area (Å²) in [6, 6.07) is 3.64. The van der Waals surface area contributed by atoms with Gasteiger partial charge in [-0.1, -0.05) is 0 Å². The fourth-order valence-electron chi connectivity index (χ4n) is 1.32. The maximum Gasteiger partial charge on any atom is 0.357 e. The van der Waals surface area contributed by atoms with Crippen LogP contribution in [0.3, 0.4) is 0 Å². The minimum atomic E-state index is -0.434. The minimum absolute atomic E-state index is 0.224. The summed E-state index contributed by atoms with van der Waals surface area (Å²) in [6.07, 6.45) is 3.02. The molecule has 0 aliphatic rings. The summed E-state index contributed by atoms with van der Waals surface area (Å²) < 4.78 is 1.29. The molecule has 7 heteroatoms. The monoisotopic (exact) mass is 232 g/mol. The van der Waals surface area contributed by atoms with Crippen LogP contribution in [0.5, 0.6) is 0 Å². The van der Waals surface area contributed by atoms with Gasteiger partial charge in [0.15, 0.2) is 0 Å². The van der Waals surface area contributed by atoms with Crippen LogP contribution in [0.1, 0.15) is 5.56 Å². The average Bonchev–Trinajstić information content (AvgIpc) is 2.29. The van der Waals surface area contributed by atoms with E-state index in [-0.39, 0.29) is 5.95 Å². The summed E-state index contributed by atoms with van der Waals surface area (Å²) in [5, 5.41) is 0. The van der Waals surface area contributed by atoms with Gasteiger partial charge in [-0.2, -0.15) is 4.98 Å². The molecular weight excluding hydrogens is 220 g/mol. The summed E-state index contributed by atoms with van der Waals surface area (Å²) in [7, 11) is 1.66.